The summed E-state index contributed by atoms with van der Waals surface area (Å²) >= 11 is 12.4. The van der Waals surface area contributed by atoms with Crippen molar-refractivity contribution in [3.8, 4) is 5.75 Å². The Bertz CT molecular complexity index is 1020. The van der Waals surface area contributed by atoms with E-state index in [1.807, 2.05) is 13.8 Å². The lowest BCUT2D eigenvalue weighted by molar-refractivity contribution is -0.140. The van der Waals surface area contributed by atoms with Gasteiger partial charge in [-0.1, -0.05) is 29.3 Å². The fourth-order valence-corrected chi connectivity index (χ4v) is 3.98. The van der Waals surface area contributed by atoms with Gasteiger partial charge in [0.25, 0.3) is 11.7 Å². The molecular formula is C23H23Cl2NO5. The molecule has 0 spiro atoms. The van der Waals surface area contributed by atoms with Crippen LogP contribution in [-0.2, 0) is 14.3 Å². The van der Waals surface area contributed by atoms with Gasteiger partial charge in [0.05, 0.1) is 24.3 Å². The van der Waals surface area contributed by atoms with Gasteiger partial charge < -0.3 is 19.5 Å². The van der Waals surface area contributed by atoms with Crippen LogP contribution in [0.25, 0.3) is 5.76 Å². The number of ether oxygens (including phenoxy) is 2. The smallest absolute Gasteiger partial charge is 0.295 e. The second-order valence-electron chi connectivity index (χ2n) is 7.34. The maximum absolute atomic E-state index is 12.9. The molecule has 1 unspecified atom stereocenters. The number of halogens is 2. The van der Waals surface area contributed by atoms with Crippen molar-refractivity contribution >= 4 is 40.7 Å². The molecule has 1 N–H and O–H groups in total. The van der Waals surface area contributed by atoms with Gasteiger partial charge in [0.2, 0.25) is 0 Å². The number of aliphatic hydroxyl groups excluding tert-OH is 1. The molecule has 1 saturated heterocycles. The fourth-order valence-electron chi connectivity index (χ4n) is 3.47. The van der Waals surface area contributed by atoms with E-state index < -0.39 is 17.7 Å². The molecule has 0 aliphatic carbocycles. The molecular weight excluding hydrogens is 441 g/mol. The number of hydrogen-bond donors (Lipinski definition) is 1. The second-order valence-corrected chi connectivity index (χ2v) is 8.19. The summed E-state index contributed by atoms with van der Waals surface area (Å²) in [6.45, 7) is 4.19. The number of benzene rings is 2. The highest BCUT2D eigenvalue weighted by atomic mass is 35.5. The molecule has 1 aliphatic rings. The number of aliphatic hydroxyl groups is 1. The third kappa shape index (κ3) is 4.87. The summed E-state index contributed by atoms with van der Waals surface area (Å²) in [5, 5.41) is 11.7. The van der Waals surface area contributed by atoms with Crippen LogP contribution in [0, 0.1) is 0 Å². The quantitative estimate of drug-likeness (QED) is 0.360. The van der Waals surface area contributed by atoms with Crippen LogP contribution in [0.4, 0.5) is 0 Å². The molecule has 0 radical (unpaired) electrons. The Hall–Kier alpha value is -2.54. The Kier molecular flexibility index (Phi) is 7.26. The number of hydrogen-bond acceptors (Lipinski definition) is 5. The average molecular weight is 464 g/mol. The Morgan fingerprint density at radius 3 is 2.39 bits per heavy atom. The molecule has 31 heavy (non-hydrogen) atoms. The molecule has 1 fully saturated rings. The largest absolute Gasteiger partial charge is 0.507 e. The Morgan fingerprint density at radius 1 is 1.13 bits per heavy atom. The predicted molar refractivity (Wildman–Crippen MR) is 120 cm³/mol. The van der Waals surface area contributed by atoms with Crippen molar-refractivity contribution in [2.75, 3.05) is 20.3 Å². The van der Waals surface area contributed by atoms with Crippen LogP contribution < -0.4 is 4.74 Å². The van der Waals surface area contributed by atoms with E-state index in [0.717, 1.165) is 0 Å². The van der Waals surface area contributed by atoms with Crippen molar-refractivity contribution in [1.82, 2.24) is 4.90 Å². The molecule has 1 amide bonds. The van der Waals surface area contributed by atoms with Crippen LogP contribution in [0.2, 0.25) is 10.0 Å². The van der Waals surface area contributed by atoms with Crippen LogP contribution in [0.5, 0.6) is 5.75 Å². The number of methoxy groups -OCH3 is 1. The third-order valence-corrected chi connectivity index (χ3v) is 5.40. The van der Waals surface area contributed by atoms with E-state index in [9.17, 15) is 14.7 Å². The summed E-state index contributed by atoms with van der Waals surface area (Å²) in [4.78, 5) is 27.1. The highest BCUT2D eigenvalue weighted by molar-refractivity contribution is 6.47. The molecule has 0 saturated carbocycles. The standard InChI is InChI=1S/C23H23Cl2NO5/c1-13(2)31-16-7-4-14(5-8-16)21(27)19-20(17-9-6-15(24)12-18(17)25)26(10-11-30-3)23(29)22(19)28/h4-9,12-13,20,27H,10-11H2,1-3H3/b21-19-. The van der Waals surface area contributed by atoms with E-state index in [4.69, 9.17) is 32.7 Å². The zero-order valence-electron chi connectivity index (χ0n) is 17.4. The van der Waals surface area contributed by atoms with Crippen molar-refractivity contribution in [3.05, 3.63) is 69.2 Å². The van der Waals surface area contributed by atoms with Crippen LogP contribution >= 0.6 is 23.2 Å². The summed E-state index contributed by atoms with van der Waals surface area (Å²) in [6, 6.07) is 10.6. The number of amides is 1. The van der Waals surface area contributed by atoms with Crippen LogP contribution in [-0.4, -0.2) is 48.1 Å². The second kappa shape index (κ2) is 9.73. The number of ketones is 1. The average Bonchev–Trinajstić information content (AvgIpc) is 2.96. The minimum absolute atomic E-state index is 0.00222. The molecule has 1 atom stereocenters. The minimum atomic E-state index is -0.869. The summed E-state index contributed by atoms with van der Waals surface area (Å²) in [5.74, 6) is -1.17. The maximum atomic E-state index is 12.9. The Morgan fingerprint density at radius 2 is 1.81 bits per heavy atom. The van der Waals surface area contributed by atoms with E-state index in [1.54, 1.807) is 36.4 Å². The minimum Gasteiger partial charge on any atom is -0.507 e. The lowest BCUT2D eigenvalue weighted by Gasteiger charge is -2.25. The monoisotopic (exact) mass is 463 g/mol. The van der Waals surface area contributed by atoms with Crippen molar-refractivity contribution < 1.29 is 24.2 Å². The number of nitrogens with zero attached hydrogens (tertiary/aromatic N) is 1. The van der Waals surface area contributed by atoms with Gasteiger partial charge in [-0.3, -0.25) is 9.59 Å². The first-order chi connectivity index (χ1) is 14.7. The molecule has 2 aromatic carbocycles. The molecule has 1 heterocycles. The van der Waals surface area contributed by atoms with E-state index in [1.165, 1.54) is 18.1 Å². The van der Waals surface area contributed by atoms with Gasteiger partial charge in [-0.05, 0) is 55.8 Å². The maximum Gasteiger partial charge on any atom is 0.295 e. The number of Topliss-reactive ketones (excluding diaryl/α,β-unsaturated/α-hetero) is 1. The first-order valence-corrected chi connectivity index (χ1v) is 10.5. The Labute approximate surface area is 191 Å². The number of likely N-dealkylation sites (tertiary alicyclic amines) is 1. The topological polar surface area (TPSA) is 76.1 Å². The number of carbonyl (C=O) groups excluding carboxylic acids is 2. The van der Waals surface area contributed by atoms with Gasteiger partial charge in [-0.15, -0.1) is 0 Å². The summed E-state index contributed by atoms with van der Waals surface area (Å²) < 4.78 is 10.7. The van der Waals surface area contributed by atoms with Gasteiger partial charge >= 0.3 is 0 Å². The third-order valence-electron chi connectivity index (χ3n) is 4.83. The van der Waals surface area contributed by atoms with Crippen molar-refractivity contribution in [1.29, 1.82) is 0 Å². The van der Waals surface area contributed by atoms with Gasteiger partial charge in [0, 0.05) is 29.3 Å². The highest BCUT2D eigenvalue weighted by Crippen LogP contribution is 2.42. The van der Waals surface area contributed by atoms with Gasteiger partial charge in [0.15, 0.2) is 0 Å². The molecule has 3 rings (SSSR count). The molecule has 2 aromatic rings. The van der Waals surface area contributed by atoms with Gasteiger partial charge in [0.1, 0.15) is 11.5 Å². The first kappa shape index (κ1) is 23.1. The predicted octanol–water partition coefficient (Wildman–Crippen LogP) is 4.85. The van der Waals surface area contributed by atoms with Crippen LogP contribution in [0.15, 0.2) is 48.0 Å². The zero-order valence-corrected chi connectivity index (χ0v) is 18.9. The van der Waals surface area contributed by atoms with E-state index in [-0.39, 0.29) is 35.6 Å². The summed E-state index contributed by atoms with van der Waals surface area (Å²) in [6.07, 6.45) is -0.00222. The summed E-state index contributed by atoms with van der Waals surface area (Å²) in [7, 11) is 1.50. The normalized spacial score (nSPS) is 18.1. The van der Waals surface area contributed by atoms with Gasteiger partial charge in [-0.25, -0.2) is 0 Å². The molecule has 0 bridgehead atoms. The van der Waals surface area contributed by atoms with Crippen LogP contribution in [0.1, 0.15) is 31.0 Å². The number of rotatable bonds is 7. The van der Waals surface area contributed by atoms with Crippen LogP contribution in [0.3, 0.4) is 0 Å². The zero-order chi connectivity index (χ0) is 22.7. The fraction of sp³-hybridized carbons (Fsp3) is 0.304. The van der Waals surface area contributed by atoms with Gasteiger partial charge in [-0.2, -0.15) is 0 Å². The van der Waals surface area contributed by atoms with Crippen molar-refractivity contribution in [2.24, 2.45) is 0 Å². The first-order valence-electron chi connectivity index (χ1n) is 9.74. The number of carbonyl (C=O) groups is 2. The van der Waals surface area contributed by atoms with E-state index in [2.05, 4.69) is 0 Å². The molecule has 164 valence electrons. The van der Waals surface area contributed by atoms with E-state index in [0.29, 0.717) is 21.9 Å². The SMILES string of the molecule is COCCN1C(=O)C(=O)/C(=C(\O)c2ccc(OC(C)C)cc2)C1c1ccc(Cl)cc1Cl. The van der Waals surface area contributed by atoms with Crippen molar-refractivity contribution in [3.63, 3.8) is 0 Å². The van der Waals surface area contributed by atoms with Crippen molar-refractivity contribution in [2.45, 2.75) is 26.0 Å². The van der Waals surface area contributed by atoms with E-state index >= 15 is 0 Å². The molecule has 1 aliphatic heterocycles. The highest BCUT2D eigenvalue weighted by Gasteiger charge is 2.46. The summed E-state index contributed by atoms with van der Waals surface area (Å²) in [5.41, 5.74) is 0.835. The Balaban J connectivity index is 2.12. The lowest BCUT2D eigenvalue weighted by Crippen LogP contribution is -2.32. The molecule has 8 heteroatoms. The molecule has 0 aromatic heterocycles. The lowest BCUT2D eigenvalue weighted by atomic mass is 9.95. The molecule has 6 nitrogen and oxygen atoms in total.